The lowest BCUT2D eigenvalue weighted by Gasteiger charge is -2.33. The highest BCUT2D eigenvalue weighted by atomic mass is 16.5. The number of anilines is 1. The van der Waals surface area contributed by atoms with E-state index in [0.717, 1.165) is 5.69 Å². The summed E-state index contributed by atoms with van der Waals surface area (Å²) < 4.78 is 15.7. The largest absolute Gasteiger partial charge is 0.493 e. The summed E-state index contributed by atoms with van der Waals surface area (Å²) >= 11 is 0. The number of hydrogen-bond donors (Lipinski definition) is 0. The standard InChI is InChI=1S/C20H24N2O5/c1-21(15-6-7-16(25-2)18(13-15)26-3)19(23)14-8-10-22(11-9-14)20(24)17-5-4-12-27-17/h4-7,12-14H,8-11H2,1-3H3. The van der Waals surface area contributed by atoms with E-state index in [0.29, 0.717) is 43.2 Å². The van der Waals surface area contributed by atoms with Crippen LogP contribution in [0.2, 0.25) is 0 Å². The highest BCUT2D eigenvalue weighted by Crippen LogP contribution is 2.32. The molecule has 2 heterocycles. The number of amides is 2. The van der Waals surface area contributed by atoms with Gasteiger partial charge in [-0.25, -0.2) is 0 Å². The summed E-state index contributed by atoms with van der Waals surface area (Å²) in [5, 5.41) is 0. The van der Waals surface area contributed by atoms with E-state index >= 15 is 0 Å². The number of likely N-dealkylation sites (tertiary alicyclic amines) is 1. The predicted molar refractivity (Wildman–Crippen MR) is 100 cm³/mol. The minimum absolute atomic E-state index is 0.0346. The molecule has 27 heavy (non-hydrogen) atoms. The van der Waals surface area contributed by atoms with Crippen LogP contribution in [0.15, 0.2) is 41.0 Å². The van der Waals surface area contributed by atoms with Crippen LogP contribution in [0.3, 0.4) is 0 Å². The molecule has 3 rings (SSSR count). The third-order valence-corrected chi connectivity index (χ3v) is 4.95. The number of carbonyl (C=O) groups excluding carboxylic acids is 2. The monoisotopic (exact) mass is 372 g/mol. The zero-order valence-corrected chi connectivity index (χ0v) is 15.8. The maximum atomic E-state index is 12.9. The summed E-state index contributed by atoms with van der Waals surface area (Å²) in [7, 11) is 4.89. The van der Waals surface area contributed by atoms with Crippen molar-refractivity contribution in [3.8, 4) is 11.5 Å². The molecule has 7 heteroatoms. The second-order valence-electron chi connectivity index (χ2n) is 6.48. The molecule has 1 aromatic carbocycles. The Balaban J connectivity index is 1.62. The van der Waals surface area contributed by atoms with E-state index in [1.807, 2.05) is 6.07 Å². The number of ether oxygens (including phenoxy) is 2. The molecule has 144 valence electrons. The molecule has 1 aliphatic rings. The van der Waals surface area contributed by atoms with Crippen molar-refractivity contribution >= 4 is 17.5 Å². The molecule has 1 fully saturated rings. The Kier molecular flexibility index (Phi) is 5.69. The van der Waals surface area contributed by atoms with E-state index in [4.69, 9.17) is 13.9 Å². The molecule has 0 unspecified atom stereocenters. The quantitative estimate of drug-likeness (QED) is 0.807. The summed E-state index contributed by atoms with van der Waals surface area (Å²) in [6.07, 6.45) is 2.74. The van der Waals surface area contributed by atoms with Crippen LogP contribution in [0.25, 0.3) is 0 Å². The van der Waals surface area contributed by atoms with Gasteiger partial charge in [0.2, 0.25) is 5.91 Å². The summed E-state index contributed by atoms with van der Waals surface area (Å²) in [6.45, 7) is 1.07. The van der Waals surface area contributed by atoms with Crippen molar-refractivity contribution in [3.63, 3.8) is 0 Å². The van der Waals surface area contributed by atoms with Crippen LogP contribution in [-0.4, -0.2) is 51.1 Å². The number of carbonyl (C=O) groups is 2. The molecular weight excluding hydrogens is 348 g/mol. The van der Waals surface area contributed by atoms with Crippen molar-refractivity contribution in [2.75, 3.05) is 39.3 Å². The Morgan fingerprint density at radius 1 is 1.11 bits per heavy atom. The van der Waals surface area contributed by atoms with E-state index in [9.17, 15) is 9.59 Å². The number of piperidine rings is 1. The Morgan fingerprint density at radius 3 is 2.41 bits per heavy atom. The predicted octanol–water partition coefficient (Wildman–Crippen LogP) is 2.81. The molecule has 0 saturated carbocycles. The number of nitrogens with zero attached hydrogens (tertiary/aromatic N) is 2. The Bertz CT molecular complexity index is 795. The number of hydrogen-bond acceptors (Lipinski definition) is 5. The first kappa shape index (κ1) is 18.8. The third kappa shape index (κ3) is 3.92. The fourth-order valence-electron chi connectivity index (χ4n) is 3.32. The van der Waals surface area contributed by atoms with Crippen molar-refractivity contribution in [3.05, 3.63) is 42.4 Å². The van der Waals surface area contributed by atoms with Crippen LogP contribution < -0.4 is 14.4 Å². The van der Waals surface area contributed by atoms with Gasteiger partial charge in [-0.15, -0.1) is 0 Å². The average molecular weight is 372 g/mol. The van der Waals surface area contributed by atoms with E-state index < -0.39 is 0 Å². The van der Waals surface area contributed by atoms with Gasteiger partial charge >= 0.3 is 0 Å². The SMILES string of the molecule is COc1ccc(N(C)C(=O)C2CCN(C(=O)c3ccco3)CC2)cc1OC. The van der Waals surface area contributed by atoms with Gasteiger partial charge in [0.1, 0.15) is 0 Å². The molecule has 2 aromatic rings. The summed E-state index contributed by atoms with van der Waals surface area (Å²) in [5.41, 5.74) is 0.742. The van der Waals surface area contributed by atoms with Gasteiger partial charge in [-0.2, -0.15) is 0 Å². The molecule has 0 spiro atoms. The smallest absolute Gasteiger partial charge is 0.289 e. The summed E-state index contributed by atoms with van der Waals surface area (Å²) in [5.74, 6) is 1.32. The second-order valence-corrected chi connectivity index (χ2v) is 6.48. The second kappa shape index (κ2) is 8.16. The van der Waals surface area contributed by atoms with E-state index in [2.05, 4.69) is 0 Å². The molecule has 0 radical (unpaired) electrons. The molecule has 0 N–H and O–H groups in total. The third-order valence-electron chi connectivity index (χ3n) is 4.95. The maximum absolute atomic E-state index is 12.9. The van der Waals surface area contributed by atoms with Gasteiger partial charge in [0.15, 0.2) is 17.3 Å². The summed E-state index contributed by atoms with van der Waals surface area (Å²) in [4.78, 5) is 28.6. The number of benzene rings is 1. The minimum Gasteiger partial charge on any atom is -0.493 e. The molecule has 0 bridgehead atoms. The fraction of sp³-hybridized carbons (Fsp3) is 0.400. The van der Waals surface area contributed by atoms with Crippen molar-refractivity contribution < 1.29 is 23.5 Å². The zero-order chi connectivity index (χ0) is 19.4. The molecule has 2 amide bonds. The molecule has 1 saturated heterocycles. The first-order valence-electron chi connectivity index (χ1n) is 8.87. The number of furan rings is 1. The Morgan fingerprint density at radius 2 is 1.81 bits per heavy atom. The van der Waals surface area contributed by atoms with Gasteiger partial charge in [0.25, 0.3) is 5.91 Å². The fourth-order valence-corrected chi connectivity index (χ4v) is 3.32. The summed E-state index contributed by atoms with van der Waals surface area (Å²) in [6, 6.07) is 8.75. The van der Waals surface area contributed by atoms with Crippen LogP contribution >= 0.6 is 0 Å². The zero-order valence-electron chi connectivity index (χ0n) is 15.8. The first-order chi connectivity index (χ1) is 13.0. The van der Waals surface area contributed by atoms with Gasteiger partial charge < -0.3 is 23.7 Å². The van der Waals surface area contributed by atoms with Crippen LogP contribution in [0.1, 0.15) is 23.4 Å². The van der Waals surface area contributed by atoms with E-state index in [1.54, 1.807) is 55.3 Å². The molecule has 0 atom stereocenters. The van der Waals surface area contributed by atoms with E-state index in [-0.39, 0.29) is 17.7 Å². The number of methoxy groups -OCH3 is 2. The minimum atomic E-state index is -0.126. The van der Waals surface area contributed by atoms with Crippen LogP contribution in [0.5, 0.6) is 11.5 Å². The molecular formula is C20H24N2O5. The Labute approximate surface area is 158 Å². The normalized spacial score (nSPS) is 14.7. The topological polar surface area (TPSA) is 72.2 Å². The Hall–Kier alpha value is -2.96. The van der Waals surface area contributed by atoms with E-state index in [1.165, 1.54) is 6.26 Å². The maximum Gasteiger partial charge on any atom is 0.289 e. The van der Waals surface area contributed by atoms with Crippen LogP contribution in [-0.2, 0) is 4.79 Å². The van der Waals surface area contributed by atoms with Crippen molar-refractivity contribution in [1.29, 1.82) is 0 Å². The molecule has 1 aliphatic heterocycles. The molecule has 1 aromatic heterocycles. The lowest BCUT2D eigenvalue weighted by Crippen LogP contribution is -2.43. The highest BCUT2D eigenvalue weighted by molar-refractivity contribution is 5.95. The highest BCUT2D eigenvalue weighted by Gasteiger charge is 2.30. The lowest BCUT2D eigenvalue weighted by atomic mass is 9.95. The van der Waals surface area contributed by atoms with Gasteiger partial charge in [-0.3, -0.25) is 9.59 Å². The van der Waals surface area contributed by atoms with Crippen LogP contribution in [0, 0.1) is 5.92 Å². The van der Waals surface area contributed by atoms with Crippen LogP contribution in [0.4, 0.5) is 5.69 Å². The molecule has 7 nitrogen and oxygen atoms in total. The van der Waals surface area contributed by atoms with Gasteiger partial charge in [0.05, 0.1) is 20.5 Å². The van der Waals surface area contributed by atoms with Gasteiger partial charge in [0, 0.05) is 37.8 Å². The van der Waals surface area contributed by atoms with Gasteiger partial charge in [-0.05, 0) is 37.1 Å². The average Bonchev–Trinajstić information content (AvgIpc) is 3.26. The van der Waals surface area contributed by atoms with Gasteiger partial charge in [-0.1, -0.05) is 0 Å². The number of rotatable bonds is 5. The first-order valence-corrected chi connectivity index (χ1v) is 8.87. The van der Waals surface area contributed by atoms with Crippen molar-refractivity contribution in [1.82, 2.24) is 4.90 Å². The van der Waals surface area contributed by atoms with Crippen molar-refractivity contribution in [2.24, 2.45) is 5.92 Å². The van der Waals surface area contributed by atoms with Crippen molar-refractivity contribution in [2.45, 2.75) is 12.8 Å². The lowest BCUT2D eigenvalue weighted by molar-refractivity contribution is -0.123. The molecule has 0 aliphatic carbocycles.